The van der Waals surface area contributed by atoms with Crippen molar-refractivity contribution in [2.45, 2.75) is 18.0 Å². The Morgan fingerprint density at radius 1 is 1.12 bits per heavy atom. The molecule has 0 fully saturated rings. The number of nitro benzene ring substituents is 1. The molecule has 0 saturated heterocycles. The normalized spacial score (nSPS) is 12.9. The van der Waals surface area contributed by atoms with Gasteiger partial charge in [0.15, 0.2) is 0 Å². The van der Waals surface area contributed by atoms with Crippen LogP contribution in [0.3, 0.4) is 0 Å². The van der Waals surface area contributed by atoms with Gasteiger partial charge in [0.25, 0.3) is 11.6 Å². The quantitative estimate of drug-likeness (QED) is 0.414. The molecule has 13 heteroatoms. The minimum Gasteiger partial charge on any atom is -0.311 e. The first-order chi connectivity index (χ1) is 10.6. The molecule has 0 saturated carbocycles. The second kappa shape index (κ2) is 6.18. The maximum Gasteiger partial charge on any atom is 0.441 e. The number of carbonyl (C=O) groups is 1. The number of benzene rings is 1. The Hall–Kier alpha value is -1.92. The van der Waals surface area contributed by atoms with E-state index in [-0.39, 0.29) is 9.37 Å². The number of halogens is 8. The van der Waals surface area contributed by atoms with Gasteiger partial charge in [-0.3, -0.25) is 14.9 Å². The van der Waals surface area contributed by atoms with E-state index in [2.05, 4.69) is 15.9 Å². The number of carbonyl (C=O) groups excluding carboxylic acids is 1. The van der Waals surface area contributed by atoms with Crippen LogP contribution >= 0.6 is 15.9 Å². The van der Waals surface area contributed by atoms with Crippen molar-refractivity contribution in [1.29, 1.82) is 0 Å². The summed E-state index contributed by atoms with van der Waals surface area (Å²) < 4.78 is 88.7. The van der Waals surface area contributed by atoms with Crippen LogP contribution < -0.4 is 4.90 Å². The van der Waals surface area contributed by atoms with Crippen LogP contribution in [0.15, 0.2) is 22.7 Å². The van der Waals surface area contributed by atoms with Gasteiger partial charge in [-0.1, -0.05) is 0 Å². The zero-order valence-electron chi connectivity index (χ0n) is 11.4. The Labute approximate surface area is 137 Å². The molecule has 0 spiro atoms. The van der Waals surface area contributed by atoms with Crippen molar-refractivity contribution in [3.8, 4) is 0 Å². The SMILES string of the molecule is CN(C(=O)C(F)(C(F)(F)F)C(F)(F)F)c1ccc([N+](=O)[O-])cc1Br. The Bertz CT molecular complexity index is 661. The van der Waals surface area contributed by atoms with Crippen LogP contribution in [0.4, 0.5) is 42.1 Å². The van der Waals surface area contributed by atoms with Gasteiger partial charge in [-0.25, -0.2) is 4.39 Å². The summed E-state index contributed by atoms with van der Waals surface area (Å²) in [7, 11) is 0.472. The van der Waals surface area contributed by atoms with E-state index in [0.717, 1.165) is 12.1 Å². The predicted octanol–water partition coefficient (Wildman–Crippen LogP) is 4.15. The zero-order chi connectivity index (χ0) is 19.1. The van der Waals surface area contributed by atoms with E-state index in [1.807, 2.05) is 0 Å². The molecule has 0 aliphatic heterocycles. The van der Waals surface area contributed by atoms with Gasteiger partial charge in [0.1, 0.15) is 0 Å². The molecule has 0 N–H and O–H groups in total. The third-order valence-electron chi connectivity index (χ3n) is 2.88. The number of nitro groups is 1. The lowest BCUT2D eigenvalue weighted by atomic mass is 10.0. The van der Waals surface area contributed by atoms with Crippen LogP contribution in [-0.4, -0.2) is 35.9 Å². The van der Waals surface area contributed by atoms with Gasteiger partial charge in [0.2, 0.25) is 0 Å². The average molecular weight is 427 g/mol. The molecule has 0 atom stereocenters. The third-order valence-corrected chi connectivity index (χ3v) is 3.52. The summed E-state index contributed by atoms with van der Waals surface area (Å²) in [4.78, 5) is 21.0. The van der Waals surface area contributed by atoms with Crippen LogP contribution in [0, 0.1) is 10.1 Å². The number of rotatable bonds is 3. The van der Waals surface area contributed by atoms with E-state index in [9.17, 15) is 45.6 Å². The molecule has 0 unspecified atom stereocenters. The predicted molar refractivity (Wildman–Crippen MR) is 70.2 cm³/mol. The first-order valence-electron chi connectivity index (χ1n) is 5.69. The summed E-state index contributed by atoms with van der Waals surface area (Å²) in [6, 6.07) is 2.17. The lowest BCUT2D eigenvalue weighted by Crippen LogP contribution is -2.63. The summed E-state index contributed by atoms with van der Waals surface area (Å²) in [6.07, 6.45) is -13.1. The number of anilines is 1. The van der Waals surface area contributed by atoms with E-state index in [4.69, 9.17) is 0 Å². The number of hydrogen-bond acceptors (Lipinski definition) is 3. The first-order valence-corrected chi connectivity index (χ1v) is 6.48. The highest BCUT2D eigenvalue weighted by Crippen LogP contribution is 2.48. The number of amides is 1. The van der Waals surface area contributed by atoms with E-state index in [0.29, 0.717) is 13.1 Å². The molecule has 134 valence electrons. The molecule has 0 aromatic heterocycles. The maximum atomic E-state index is 13.7. The van der Waals surface area contributed by atoms with Crippen molar-refractivity contribution >= 4 is 33.2 Å². The summed E-state index contributed by atoms with van der Waals surface area (Å²) in [6.45, 7) is 0. The van der Waals surface area contributed by atoms with Crippen molar-refractivity contribution in [2.75, 3.05) is 11.9 Å². The molecule has 1 rings (SSSR count). The second-order valence-corrected chi connectivity index (χ2v) is 5.27. The van der Waals surface area contributed by atoms with Crippen LogP contribution in [0.5, 0.6) is 0 Å². The van der Waals surface area contributed by atoms with Gasteiger partial charge in [0, 0.05) is 23.7 Å². The Morgan fingerprint density at radius 3 is 1.92 bits per heavy atom. The molecule has 0 aliphatic carbocycles. The number of alkyl halides is 7. The Morgan fingerprint density at radius 2 is 1.58 bits per heavy atom. The summed E-state index contributed by atoms with van der Waals surface area (Å²) in [5, 5.41) is 10.5. The highest BCUT2D eigenvalue weighted by molar-refractivity contribution is 9.10. The fraction of sp³-hybridized carbons (Fsp3) is 0.364. The average Bonchev–Trinajstić information content (AvgIpc) is 2.42. The molecular weight excluding hydrogens is 421 g/mol. The van der Waals surface area contributed by atoms with Gasteiger partial charge >= 0.3 is 18.0 Å². The first kappa shape index (κ1) is 20.1. The summed E-state index contributed by atoms with van der Waals surface area (Å²) >= 11 is 2.67. The molecule has 0 heterocycles. The highest BCUT2D eigenvalue weighted by Gasteiger charge is 2.78. The molecule has 24 heavy (non-hydrogen) atoms. The van der Waals surface area contributed by atoms with Crippen molar-refractivity contribution in [3.63, 3.8) is 0 Å². The van der Waals surface area contributed by atoms with E-state index < -0.39 is 40.2 Å². The van der Waals surface area contributed by atoms with Gasteiger partial charge < -0.3 is 4.90 Å². The van der Waals surface area contributed by atoms with Crippen LogP contribution in [0.25, 0.3) is 0 Å². The fourth-order valence-corrected chi connectivity index (χ4v) is 2.26. The van der Waals surface area contributed by atoms with Crippen LogP contribution in [0.2, 0.25) is 0 Å². The summed E-state index contributed by atoms with van der Waals surface area (Å²) in [5.41, 5.74) is -7.30. The number of nitrogens with zero attached hydrogens (tertiary/aromatic N) is 2. The van der Waals surface area contributed by atoms with Gasteiger partial charge in [-0.2, -0.15) is 26.3 Å². The molecule has 1 amide bonds. The number of non-ortho nitro benzene ring substituents is 1. The molecule has 0 bridgehead atoms. The van der Waals surface area contributed by atoms with E-state index in [1.54, 1.807) is 0 Å². The minimum atomic E-state index is -6.55. The topological polar surface area (TPSA) is 63.5 Å². The van der Waals surface area contributed by atoms with E-state index >= 15 is 0 Å². The van der Waals surface area contributed by atoms with Crippen molar-refractivity contribution in [1.82, 2.24) is 0 Å². The third kappa shape index (κ3) is 3.30. The lowest BCUT2D eigenvalue weighted by Gasteiger charge is -2.32. The monoisotopic (exact) mass is 426 g/mol. The van der Waals surface area contributed by atoms with Gasteiger partial charge in [0.05, 0.1) is 10.6 Å². The molecule has 1 aromatic rings. The smallest absolute Gasteiger partial charge is 0.311 e. The van der Waals surface area contributed by atoms with E-state index in [1.165, 1.54) is 0 Å². The molecule has 1 aromatic carbocycles. The molecular formula is C11H6BrF7N2O3. The van der Waals surface area contributed by atoms with Crippen molar-refractivity contribution in [3.05, 3.63) is 32.8 Å². The minimum absolute atomic E-state index is 0.227. The molecule has 0 aliphatic rings. The highest BCUT2D eigenvalue weighted by atomic mass is 79.9. The Kier molecular flexibility index (Phi) is 5.18. The van der Waals surface area contributed by atoms with Gasteiger partial charge in [-0.05, 0) is 22.0 Å². The zero-order valence-corrected chi connectivity index (χ0v) is 13.0. The molecule has 5 nitrogen and oxygen atoms in total. The van der Waals surface area contributed by atoms with Crippen molar-refractivity contribution < 1.29 is 40.5 Å². The summed E-state index contributed by atoms with van der Waals surface area (Å²) in [5.74, 6) is -2.93. The number of hydrogen-bond donors (Lipinski definition) is 0. The second-order valence-electron chi connectivity index (χ2n) is 4.41. The largest absolute Gasteiger partial charge is 0.441 e. The van der Waals surface area contributed by atoms with Crippen LogP contribution in [0.1, 0.15) is 0 Å². The lowest BCUT2D eigenvalue weighted by molar-refractivity contribution is -0.384. The standard InChI is InChI=1S/C11H6BrF7N2O3/c1-20(7-3-2-5(21(23)24)4-6(7)12)8(22)9(13,10(14,15)16)11(17,18)19/h2-4H,1H3. The van der Waals surface area contributed by atoms with Crippen molar-refractivity contribution in [2.24, 2.45) is 0 Å². The molecule has 0 radical (unpaired) electrons. The van der Waals surface area contributed by atoms with Crippen LogP contribution in [-0.2, 0) is 4.79 Å². The Balaban J connectivity index is 3.39. The van der Waals surface area contributed by atoms with Gasteiger partial charge in [-0.15, -0.1) is 0 Å². The maximum absolute atomic E-state index is 13.7. The fourth-order valence-electron chi connectivity index (χ4n) is 1.63.